The zero-order valence-electron chi connectivity index (χ0n) is 16.6. The van der Waals surface area contributed by atoms with Gasteiger partial charge in [0.2, 0.25) is 0 Å². The predicted molar refractivity (Wildman–Crippen MR) is 115 cm³/mol. The fourth-order valence-electron chi connectivity index (χ4n) is 3.34. The highest BCUT2D eigenvalue weighted by Gasteiger charge is 2.18. The number of hydrogen-bond acceptors (Lipinski definition) is 4. The van der Waals surface area contributed by atoms with Crippen molar-refractivity contribution in [1.29, 1.82) is 5.41 Å². The molecule has 2 aromatic heterocycles. The molecule has 0 spiro atoms. The fraction of sp³-hybridized carbons (Fsp3) is 0.350. The first-order chi connectivity index (χ1) is 13.5. The number of fused-ring (bicyclic) bond motifs is 1. The van der Waals surface area contributed by atoms with Gasteiger partial charge in [-0.3, -0.25) is 5.41 Å². The van der Waals surface area contributed by atoms with Crippen LogP contribution in [0.5, 0.6) is 0 Å². The maximum atomic E-state index is 7.26. The van der Waals surface area contributed by atoms with Crippen molar-refractivity contribution in [2.75, 3.05) is 18.9 Å². The Hall–Kier alpha value is -3.13. The second kappa shape index (κ2) is 8.26. The van der Waals surface area contributed by atoms with Crippen molar-refractivity contribution in [3.05, 3.63) is 41.5 Å². The molecule has 148 valence electrons. The molecule has 0 fully saturated rings. The highest BCUT2D eigenvalue weighted by Crippen LogP contribution is 2.31. The average molecular weight is 381 g/mol. The van der Waals surface area contributed by atoms with Crippen LogP contribution in [0.25, 0.3) is 22.2 Å². The van der Waals surface area contributed by atoms with Crippen LogP contribution in [0.3, 0.4) is 0 Å². The Morgan fingerprint density at radius 3 is 2.93 bits per heavy atom. The summed E-state index contributed by atoms with van der Waals surface area (Å²) in [7, 11) is 0. The molecule has 3 aromatic rings. The SMILES string of the molecule is CCNCCC(C)c1cc(-c2ccc3nc(C)n(N)c3c2)c(C(N)=NC=N)[nH]1. The van der Waals surface area contributed by atoms with Crippen LogP contribution >= 0.6 is 0 Å². The van der Waals surface area contributed by atoms with E-state index in [0.29, 0.717) is 11.6 Å². The molecule has 0 saturated carbocycles. The van der Waals surface area contributed by atoms with E-state index in [1.54, 1.807) is 4.68 Å². The summed E-state index contributed by atoms with van der Waals surface area (Å²) in [5.74, 6) is 7.48. The third-order valence-corrected chi connectivity index (χ3v) is 5.01. The van der Waals surface area contributed by atoms with E-state index >= 15 is 0 Å². The van der Waals surface area contributed by atoms with Crippen molar-refractivity contribution in [3.8, 4) is 11.1 Å². The van der Waals surface area contributed by atoms with Crippen molar-refractivity contribution in [1.82, 2.24) is 20.0 Å². The smallest absolute Gasteiger partial charge is 0.149 e. The van der Waals surface area contributed by atoms with Crippen LogP contribution < -0.4 is 16.9 Å². The van der Waals surface area contributed by atoms with E-state index in [2.05, 4.69) is 40.2 Å². The number of nitrogen functional groups attached to an aromatic ring is 1. The molecule has 0 bridgehead atoms. The summed E-state index contributed by atoms with van der Waals surface area (Å²) < 4.78 is 1.58. The highest BCUT2D eigenvalue weighted by molar-refractivity contribution is 6.05. The minimum absolute atomic E-state index is 0.285. The fourth-order valence-corrected chi connectivity index (χ4v) is 3.34. The molecule has 1 unspecified atom stereocenters. The van der Waals surface area contributed by atoms with Gasteiger partial charge in [0.25, 0.3) is 0 Å². The molecule has 1 atom stereocenters. The Labute approximate surface area is 164 Å². The topological polar surface area (TPSA) is 134 Å². The van der Waals surface area contributed by atoms with Crippen LogP contribution in [-0.2, 0) is 0 Å². The number of aromatic nitrogens is 3. The summed E-state index contributed by atoms with van der Waals surface area (Å²) in [5.41, 5.74) is 11.6. The Balaban J connectivity index is 2.06. The van der Waals surface area contributed by atoms with Gasteiger partial charge in [0.1, 0.15) is 18.0 Å². The molecule has 0 aliphatic heterocycles. The number of rotatable bonds is 8. The number of hydrogen-bond donors (Lipinski definition) is 5. The molecule has 28 heavy (non-hydrogen) atoms. The van der Waals surface area contributed by atoms with Gasteiger partial charge in [0.05, 0.1) is 16.7 Å². The maximum Gasteiger partial charge on any atom is 0.149 e. The van der Waals surface area contributed by atoms with Gasteiger partial charge in [-0.25, -0.2) is 14.7 Å². The second-order valence-corrected chi connectivity index (χ2v) is 6.93. The van der Waals surface area contributed by atoms with Crippen molar-refractivity contribution in [2.24, 2.45) is 10.7 Å². The Morgan fingerprint density at radius 2 is 2.21 bits per heavy atom. The number of amidine groups is 1. The number of H-pyrrole nitrogens is 1. The molecule has 8 heteroatoms. The van der Waals surface area contributed by atoms with Crippen LogP contribution in [0.2, 0.25) is 0 Å². The Kier molecular flexibility index (Phi) is 5.79. The lowest BCUT2D eigenvalue weighted by atomic mass is 10.0. The van der Waals surface area contributed by atoms with Gasteiger partial charge in [-0.1, -0.05) is 19.9 Å². The molecule has 0 aliphatic rings. The third kappa shape index (κ3) is 3.77. The first kappa shape index (κ1) is 19.6. The molecule has 2 heterocycles. The van der Waals surface area contributed by atoms with Crippen LogP contribution in [-0.4, -0.2) is 39.9 Å². The molecule has 0 saturated heterocycles. The minimum Gasteiger partial charge on any atom is -0.382 e. The number of imidazole rings is 1. The lowest BCUT2D eigenvalue weighted by Gasteiger charge is -2.09. The second-order valence-electron chi connectivity index (χ2n) is 6.93. The minimum atomic E-state index is 0.285. The van der Waals surface area contributed by atoms with E-state index in [9.17, 15) is 0 Å². The van der Waals surface area contributed by atoms with Gasteiger partial charge in [-0.05, 0) is 56.1 Å². The van der Waals surface area contributed by atoms with Crippen LogP contribution in [0.4, 0.5) is 0 Å². The molecular formula is C20H28N8. The number of nitrogens with zero attached hydrogens (tertiary/aromatic N) is 3. The van der Waals surface area contributed by atoms with Gasteiger partial charge < -0.3 is 21.9 Å². The van der Waals surface area contributed by atoms with E-state index in [4.69, 9.17) is 17.0 Å². The summed E-state index contributed by atoms with van der Waals surface area (Å²) in [6, 6.07) is 8.08. The lowest BCUT2D eigenvalue weighted by Crippen LogP contribution is -2.17. The highest BCUT2D eigenvalue weighted by atomic mass is 15.3. The summed E-state index contributed by atoms with van der Waals surface area (Å²) in [5, 5.41) is 10.6. The third-order valence-electron chi connectivity index (χ3n) is 5.01. The average Bonchev–Trinajstić information content (AvgIpc) is 3.24. The maximum absolute atomic E-state index is 7.26. The molecular weight excluding hydrogens is 352 g/mol. The van der Waals surface area contributed by atoms with Gasteiger partial charge in [0, 0.05) is 11.3 Å². The zero-order valence-corrected chi connectivity index (χ0v) is 16.6. The molecule has 0 radical (unpaired) electrons. The standard InChI is InChI=1S/C20H28N8/c1-4-24-8-7-12(2)17-10-15(19(27-17)20(22)25-11-21)14-5-6-16-18(9-14)28(23)13(3)26-16/h5-6,9-12,24,27H,4,7-8,23H2,1-3H3,(H3,21,22,25). The molecule has 0 aliphatic carbocycles. The monoisotopic (exact) mass is 380 g/mol. The number of nitrogens with two attached hydrogens (primary N) is 2. The molecule has 3 rings (SSSR count). The predicted octanol–water partition coefficient (Wildman–Crippen LogP) is 2.47. The van der Waals surface area contributed by atoms with Crippen molar-refractivity contribution >= 4 is 23.2 Å². The van der Waals surface area contributed by atoms with Crippen molar-refractivity contribution in [2.45, 2.75) is 33.1 Å². The quantitative estimate of drug-likeness (QED) is 0.178. The molecule has 0 amide bonds. The number of aryl methyl sites for hydroxylation is 1. The van der Waals surface area contributed by atoms with E-state index in [1.807, 2.05) is 25.1 Å². The van der Waals surface area contributed by atoms with Gasteiger partial charge in [-0.2, -0.15) is 0 Å². The Bertz CT molecular complexity index is 1010. The number of benzene rings is 1. The van der Waals surface area contributed by atoms with E-state index in [-0.39, 0.29) is 5.84 Å². The number of aromatic amines is 1. The van der Waals surface area contributed by atoms with E-state index in [0.717, 1.165) is 59.5 Å². The summed E-state index contributed by atoms with van der Waals surface area (Å²) in [6.07, 6.45) is 1.96. The lowest BCUT2D eigenvalue weighted by molar-refractivity contribution is 0.600. The Morgan fingerprint density at radius 1 is 1.43 bits per heavy atom. The van der Waals surface area contributed by atoms with Gasteiger partial charge >= 0.3 is 0 Å². The normalized spacial score (nSPS) is 13.2. The summed E-state index contributed by atoms with van der Waals surface area (Å²) in [4.78, 5) is 11.8. The van der Waals surface area contributed by atoms with Crippen LogP contribution in [0.15, 0.2) is 29.3 Å². The van der Waals surface area contributed by atoms with E-state index < -0.39 is 0 Å². The van der Waals surface area contributed by atoms with E-state index in [1.165, 1.54) is 0 Å². The first-order valence-electron chi connectivity index (χ1n) is 9.47. The zero-order chi connectivity index (χ0) is 20.3. The first-order valence-corrected chi connectivity index (χ1v) is 9.47. The van der Waals surface area contributed by atoms with Crippen molar-refractivity contribution < 1.29 is 0 Å². The molecule has 8 nitrogen and oxygen atoms in total. The largest absolute Gasteiger partial charge is 0.382 e. The van der Waals surface area contributed by atoms with Gasteiger partial charge in [0.15, 0.2) is 0 Å². The molecule has 1 aromatic carbocycles. The van der Waals surface area contributed by atoms with Gasteiger partial charge in [-0.15, -0.1) is 0 Å². The molecule has 7 N–H and O–H groups in total. The summed E-state index contributed by atoms with van der Waals surface area (Å²) >= 11 is 0. The number of nitrogens with one attached hydrogen (secondary N) is 3. The van der Waals surface area contributed by atoms with Crippen molar-refractivity contribution in [3.63, 3.8) is 0 Å². The summed E-state index contributed by atoms with van der Waals surface area (Å²) in [6.45, 7) is 8.06. The van der Waals surface area contributed by atoms with Crippen LogP contribution in [0, 0.1) is 12.3 Å². The van der Waals surface area contributed by atoms with Crippen LogP contribution in [0.1, 0.15) is 43.4 Å². The number of aliphatic imine (C=N–C) groups is 1.